The number of halogens is 1. The van der Waals surface area contributed by atoms with Gasteiger partial charge in [0, 0.05) is 23.0 Å². The molecule has 4 N–H and O–H groups in total. The minimum atomic E-state index is -0.0694. The lowest BCUT2D eigenvalue weighted by atomic mass is 10.0. The van der Waals surface area contributed by atoms with Crippen LogP contribution in [0.5, 0.6) is 5.75 Å². The average molecular weight is 471 g/mol. The Hall–Kier alpha value is -3.03. The van der Waals surface area contributed by atoms with Gasteiger partial charge in [0.1, 0.15) is 12.3 Å². The first-order valence-electron chi connectivity index (χ1n) is 11.2. The Morgan fingerprint density at radius 2 is 1.94 bits per heavy atom. The van der Waals surface area contributed by atoms with Gasteiger partial charge in [-0.05, 0) is 49.2 Å². The highest BCUT2D eigenvalue weighted by Gasteiger charge is 2.26. The lowest BCUT2D eigenvalue weighted by Crippen LogP contribution is -2.28. The number of para-hydroxylation sites is 1. The molecule has 0 saturated heterocycles. The van der Waals surface area contributed by atoms with Crippen LogP contribution in [0.3, 0.4) is 0 Å². The zero-order valence-electron chi connectivity index (χ0n) is 18.9. The zero-order chi connectivity index (χ0) is 22.5. The molecule has 0 saturated carbocycles. The van der Waals surface area contributed by atoms with Gasteiger partial charge >= 0.3 is 0 Å². The number of ether oxygens (including phenoxy) is 1. The third-order valence-corrected chi connectivity index (χ3v) is 5.92. The zero-order valence-corrected chi connectivity index (χ0v) is 19.7. The monoisotopic (exact) mass is 470 g/mol. The summed E-state index contributed by atoms with van der Waals surface area (Å²) in [6, 6.07) is 13.5. The predicted octanol–water partition coefficient (Wildman–Crippen LogP) is 3.87. The van der Waals surface area contributed by atoms with E-state index in [2.05, 4.69) is 10.6 Å². The van der Waals surface area contributed by atoms with Crippen LogP contribution in [0.1, 0.15) is 31.2 Å². The summed E-state index contributed by atoms with van der Waals surface area (Å²) in [7, 11) is 1.62. The van der Waals surface area contributed by atoms with Crippen LogP contribution in [0.25, 0.3) is 22.2 Å². The van der Waals surface area contributed by atoms with Crippen molar-refractivity contribution in [2.45, 2.75) is 38.6 Å². The second kappa shape index (κ2) is 11.2. The van der Waals surface area contributed by atoms with Crippen LogP contribution >= 0.6 is 12.4 Å². The van der Waals surface area contributed by atoms with Gasteiger partial charge in [0.15, 0.2) is 0 Å². The quantitative estimate of drug-likeness (QED) is 0.413. The van der Waals surface area contributed by atoms with Crippen molar-refractivity contribution in [1.29, 1.82) is 0 Å². The molecule has 0 fully saturated rings. The summed E-state index contributed by atoms with van der Waals surface area (Å²) in [5, 5.41) is 6.97. The number of nitrogens with one attached hydrogen (secondary N) is 2. The molecule has 0 aliphatic carbocycles. The van der Waals surface area contributed by atoms with E-state index >= 15 is 0 Å². The third kappa shape index (κ3) is 5.31. The van der Waals surface area contributed by atoms with Gasteiger partial charge in [0.25, 0.3) is 0 Å². The van der Waals surface area contributed by atoms with E-state index in [1.54, 1.807) is 7.11 Å². The van der Waals surface area contributed by atoms with Crippen LogP contribution in [0.2, 0.25) is 0 Å². The van der Waals surface area contributed by atoms with Gasteiger partial charge in [-0.3, -0.25) is 9.59 Å². The van der Waals surface area contributed by atoms with Crippen molar-refractivity contribution < 1.29 is 14.3 Å². The van der Waals surface area contributed by atoms with E-state index in [0.717, 1.165) is 64.8 Å². The topological polar surface area (TPSA) is 98.4 Å². The summed E-state index contributed by atoms with van der Waals surface area (Å²) >= 11 is 0. The van der Waals surface area contributed by atoms with E-state index in [-0.39, 0.29) is 37.2 Å². The van der Waals surface area contributed by atoms with Crippen molar-refractivity contribution in [2.75, 3.05) is 25.5 Å². The maximum absolute atomic E-state index is 12.9. The molecular formula is C25H31ClN4O3. The van der Waals surface area contributed by atoms with Crippen LogP contribution in [0, 0.1) is 0 Å². The largest absolute Gasteiger partial charge is 0.497 e. The Morgan fingerprint density at radius 3 is 2.73 bits per heavy atom. The average Bonchev–Trinajstić information content (AvgIpc) is 2.98. The van der Waals surface area contributed by atoms with E-state index in [9.17, 15) is 9.59 Å². The number of fused-ring (bicyclic) bond motifs is 5. The molecule has 3 aromatic rings. The Labute approximate surface area is 200 Å². The van der Waals surface area contributed by atoms with E-state index in [4.69, 9.17) is 10.5 Å². The minimum absolute atomic E-state index is 0. The Kier molecular flexibility index (Phi) is 8.36. The Morgan fingerprint density at radius 1 is 1.15 bits per heavy atom. The predicted molar refractivity (Wildman–Crippen MR) is 134 cm³/mol. The molecule has 8 heteroatoms. The number of nitrogens with two attached hydrogens (primary N) is 1. The Balaban J connectivity index is 0.00000306. The molecule has 2 aromatic carbocycles. The summed E-state index contributed by atoms with van der Waals surface area (Å²) in [5.74, 6) is 0.609. The SMILES string of the molecule is COc1ccc2c(c1)c1c(n2CC(=O)NCCCCCCN)-c2ccccc2NC(=O)C1.Cl. The van der Waals surface area contributed by atoms with Crippen LogP contribution in [-0.2, 0) is 22.6 Å². The van der Waals surface area contributed by atoms with Crippen LogP contribution in [0.4, 0.5) is 5.69 Å². The molecule has 0 unspecified atom stereocenters. The highest BCUT2D eigenvalue weighted by molar-refractivity contribution is 6.06. The van der Waals surface area contributed by atoms with Gasteiger partial charge in [-0.15, -0.1) is 12.4 Å². The van der Waals surface area contributed by atoms with Crippen LogP contribution < -0.4 is 21.1 Å². The highest BCUT2D eigenvalue weighted by atomic mass is 35.5. The van der Waals surface area contributed by atoms with Gasteiger partial charge in [0.2, 0.25) is 11.8 Å². The number of hydrogen-bond acceptors (Lipinski definition) is 4. The maximum atomic E-state index is 12.9. The standard InChI is InChI=1S/C25H30N4O3.ClH/c1-32-17-10-11-22-19(14-17)20-15-23(30)28-21-9-5-4-8-18(21)25(20)29(22)16-24(31)27-13-7-3-2-6-12-26;/h4-5,8-11,14H,2-3,6-7,12-13,15-16,26H2,1H3,(H,27,31)(H,28,30);1H. The molecule has 4 rings (SSSR count). The third-order valence-electron chi connectivity index (χ3n) is 5.92. The number of unbranched alkanes of at least 4 members (excludes halogenated alkanes) is 3. The lowest BCUT2D eigenvalue weighted by molar-refractivity contribution is -0.121. The van der Waals surface area contributed by atoms with E-state index in [1.165, 1.54) is 0 Å². The van der Waals surface area contributed by atoms with E-state index in [0.29, 0.717) is 13.1 Å². The fourth-order valence-electron chi connectivity index (χ4n) is 4.39. The lowest BCUT2D eigenvalue weighted by Gasteiger charge is -2.14. The number of carbonyl (C=O) groups excluding carboxylic acids is 2. The van der Waals surface area contributed by atoms with Crippen molar-refractivity contribution in [3.8, 4) is 17.0 Å². The summed E-state index contributed by atoms with van der Waals surface area (Å²) in [4.78, 5) is 25.5. The molecule has 1 aromatic heterocycles. The van der Waals surface area contributed by atoms with Gasteiger partial charge in [-0.25, -0.2) is 0 Å². The van der Waals surface area contributed by atoms with Crippen molar-refractivity contribution in [1.82, 2.24) is 9.88 Å². The van der Waals surface area contributed by atoms with Crippen molar-refractivity contribution in [2.24, 2.45) is 5.73 Å². The summed E-state index contributed by atoms with van der Waals surface area (Å²) in [5.41, 5.74) is 9.94. The molecule has 1 aliphatic heterocycles. The number of nitrogens with zero attached hydrogens (tertiary/aromatic N) is 1. The second-order valence-electron chi connectivity index (χ2n) is 8.12. The number of rotatable bonds is 9. The molecular weight excluding hydrogens is 440 g/mol. The summed E-state index contributed by atoms with van der Waals surface area (Å²) < 4.78 is 7.45. The molecule has 33 heavy (non-hydrogen) atoms. The second-order valence-corrected chi connectivity index (χ2v) is 8.12. The van der Waals surface area contributed by atoms with Crippen LogP contribution in [-0.4, -0.2) is 36.6 Å². The number of aromatic nitrogens is 1. The normalized spacial score (nSPS) is 12.2. The van der Waals surface area contributed by atoms with Crippen LogP contribution in [0.15, 0.2) is 42.5 Å². The van der Waals surface area contributed by atoms with E-state index < -0.39 is 0 Å². The van der Waals surface area contributed by atoms with E-state index in [1.807, 2.05) is 47.0 Å². The molecule has 0 radical (unpaired) electrons. The molecule has 7 nitrogen and oxygen atoms in total. The first kappa shape index (κ1) is 24.6. The fourth-order valence-corrected chi connectivity index (χ4v) is 4.39. The van der Waals surface area contributed by atoms with Crippen molar-refractivity contribution in [3.05, 3.63) is 48.0 Å². The number of amides is 2. The molecule has 1 aliphatic rings. The number of hydrogen-bond donors (Lipinski definition) is 3. The molecule has 0 spiro atoms. The molecule has 0 bridgehead atoms. The molecule has 176 valence electrons. The van der Waals surface area contributed by atoms with Gasteiger partial charge < -0.3 is 25.7 Å². The van der Waals surface area contributed by atoms with Gasteiger partial charge in [-0.1, -0.05) is 31.0 Å². The maximum Gasteiger partial charge on any atom is 0.239 e. The molecule has 2 amide bonds. The van der Waals surface area contributed by atoms with Gasteiger partial charge in [-0.2, -0.15) is 0 Å². The summed E-state index contributed by atoms with van der Waals surface area (Å²) in [6.45, 7) is 1.54. The highest BCUT2D eigenvalue weighted by Crippen LogP contribution is 2.40. The smallest absolute Gasteiger partial charge is 0.239 e. The first-order valence-corrected chi connectivity index (χ1v) is 11.2. The molecule has 2 heterocycles. The number of benzene rings is 2. The van der Waals surface area contributed by atoms with Gasteiger partial charge in [0.05, 0.1) is 24.9 Å². The number of methoxy groups -OCH3 is 1. The Bertz CT molecular complexity index is 1140. The van der Waals surface area contributed by atoms with Crippen molar-refractivity contribution >= 4 is 40.8 Å². The number of carbonyl (C=O) groups is 2. The fraction of sp³-hybridized carbons (Fsp3) is 0.360. The minimum Gasteiger partial charge on any atom is -0.497 e. The summed E-state index contributed by atoms with van der Waals surface area (Å²) in [6.07, 6.45) is 4.34. The van der Waals surface area contributed by atoms with Crippen molar-refractivity contribution in [3.63, 3.8) is 0 Å². The number of anilines is 1. The first-order chi connectivity index (χ1) is 15.6. The molecule has 0 atom stereocenters.